The van der Waals surface area contributed by atoms with E-state index in [9.17, 15) is 4.79 Å². The van der Waals surface area contributed by atoms with Crippen molar-refractivity contribution in [2.75, 3.05) is 13.1 Å². The number of hydrogen-bond donors (Lipinski definition) is 1. The molecule has 0 saturated carbocycles. The standard InChI is InChI=1S/C15H19NO/c17-15(14-5-2-8-16-10-14)13-7-6-11-3-1-4-12(11)9-13/h6-7,9,14,16H,1-5,8,10H2. The summed E-state index contributed by atoms with van der Waals surface area (Å²) in [6, 6.07) is 6.33. The zero-order valence-electron chi connectivity index (χ0n) is 10.2. The molecule has 1 unspecified atom stereocenters. The first-order valence-electron chi connectivity index (χ1n) is 6.71. The summed E-state index contributed by atoms with van der Waals surface area (Å²) < 4.78 is 0. The number of benzene rings is 1. The van der Waals surface area contributed by atoms with E-state index in [1.165, 1.54) is 24.0 Å². The average molecular weight is 229 g/mol. The van der Waals surface area contributed by atoms with Crippen molar-refractivity contribution < 1.29 is 4.79 Å². The summed E-state index contributed by atoms with van der Waals surface area (Å²) in [5, 5.41) is 3.32. The summed E-state index contributed by atoms with van der Waals surface area (Å²) in [6.07, 6.45) is 5.76. The van der Waals surface area contributed by atoms with Gasteiger partial charge >= 0.3 is 0 Å². The molecule has 1 N–H and O–H groups in total. The highest BCUT2D eigenvalue weighted by Crippen LogP contribution is 2.25. The van der Waals surface area contributed by atoms with Gasteiger partial charge in [0.25, 0.3) is 0 Å². The van der Waals surface area contributed by atoms with Gasteiger partial charge in [-0.05, 0) is 55.8 Å². The number of Topliss-reactive ketones (excluding diaryl/α,β-unsaturated/α-hetero) is 1. The van der Waals surface area contributed by atoms with Crippen molar-refractivity contribution in [1.29, 1.82) is 0 Å². The Morgan fingerprint density at radius 1 is 1.18 bits per heavy atom. The van der Waals surface area contributed by atoms with Crippen LogP contribution >= 0.6 is 0 Å². The molecule has 1 heterocycles. The van der Waals surface area contributed by atoms with Crippen LogP contribution in [0.1, 0.15) is 40.7 Å². The van der Waals surface area contributed by atoms with E-state index in [1.807, 2.05) is 6.07 Å². The monoisotopic (exact) mass is 229 g/mol. The number of carbonyl (C=O) groups excluding carboxylic acids is 1. The van der Waals surface area contributed by atoms with Crippen LogP contribution in [0.15, 0.2) is 18.2 Å². The second kappa shape index (κ2) is 4.61. The molecule has 0 bridgehead atoms. The van der Waals surface area contributed by atoms with Crippen molar-refractivity contribution in [3.8, 4) is 0 Å². The van der Waals surface area contributed by atoms with E-state index >= 15 is 0 Å². The fourth-order valence-electron chi connectivity index (χ4n) is 3.04. The summed E-state index contributed by atoms with van der Waals surface area (Å²) in [6.45, 7) is 1.92. The van der Waals surface area contributed by atoms with Crippen LogP contribution in [0.2, 0.25) is 0 Å². The van der Waals surface area contributed by atoms with Crippen molar-refractivity contribution >= 4 is 5.78 Å². The second-order valence-corrected chi connectivity index (χ2v) is 5.24. The molecule has 17 heavy (non-hydrogen) atoms. The van der Waals surface area contributed by atoms with Gasteiger partial charge < -0.3 is 5.32 Å². The molecule has 0 spiro atoms. The Morgan fingerprint density at radius 2 is 2.06 bits per heavy atom. The lowest BCUT2D eigenvalue weighted by Crippen LogP contribution is -2.34. The summed E-state index contributed by atoms with van der Waals surface area (Å²) in [5.41, 5.74) is 3.78. The number of nitrogens with one attached hydrogen (secondary N) is 1. The first-order chi connectivity index (χ1) is 8.34. The minimum Gasteiger partial charge on any atom is -0.316 e. The Hall–Kier alpha value is -1.15. The van der Waals surface area contributed by atoms with Gasteiger partial charge in [-0.25, -0.2) is 0 Å². The van der Waals surface area contributed by atoms with E-state index in [0.29, 0.717) is 5.78 Å². The van der Waals surface area contributed by atoms with Gasteiger partial charge in [0.05, 0.1) is 0 Å². The molecule has 2 aliphatic rings. The molecule has 1 aliphatic carbocycles. The third-order valence-corrected chi connectivity index (χ3v) is 4.05. The highest BCUT2D eigenvalue weighted by molar-refractivity contribution is 5.98. The summed E-state index contributed by atoms with van der Waals surface area (Å²) >= 11 is 0. The molecule has 0 aromatic heterocycles. The highest BCUT2D eigenvalue weighted by atomic mass is 16.1. The number of aryl methyl sites for hydroxylation is 2. The largest absolute Gasteiger partial charge is 0.316 e. The van der Waals surface area contributed by atoms with Crippen LogP contribution in [0.3, 0.4) is 0 Å². The van der Waals surface area contributed by atoms with Crippen molar-refractivity contribution in [3.63, 3.8) is 0 Å². The van der Waals surface area contributed by atoms with Gasteiger partial charge in [0, 0.05) is 18.0 Å². The quantitative estimate of drug-likeness (QED) is 0.789. The van der Waals surface area contributed by atoms with Crippen LogP contribution in [-0.2, 0) is 12.8 Å². The number of fused-ring (bicyclic) bond motifs is 1. The molecule has 1 aromatic rings. The minimum atomic E-state index is 0.197. The van der Waals surface area contributed by atoms with Gasteiger partial charge in [-0.3, -0.25) is 4.79 Å². The maximum absolute atomic E-state index is 12.4. The molecule has 1 aliphatic heterocycles. The smallest absolute Gasteiger partial charge is 0.167 e. The number of rotatable bonds is 2. The minimum absolute atomic E-state index is 0.197. The van der Waals surface area contributed by atoms with Gasteiger partial charge in [0.1, 0.15) is 0 Å². The van der Waals surface area contributed by atoms with E-state index in [4.69, 9.17) is 0 Å². The molecule has 1 aromatic carbocycles. The lowest BCUT2D eigenvalue weighted by Gasteiger charge is -2.21. The Kier molecular flexibility index (Phi) is 2.98. The number of hydrogen-bond acceptors (Lipinski definition) is 2. The van der Waals surface area contributed by atoms with Crippen molar-refractivity contribution in [2.24, 2.45) is 5.92 Å². The third kappa shape index (κ3) is 2.14. The van der Waals surface area contributed by atoms with Gasteiger partial charge in [-0.15, -0.1) is 0 Å². The normalized spacial score (nSPS) is 23.4. The van der Waals surface area contributed by atoms with Gasteiger partial charge in [0.2, 0.25) is 0 Å². The zero-order chi connectivity index (χ0) is 11.7. The van der Waals surface area contributed by atoms with Crippen molar-refractivity contribution in [2.45, 2.75) is 32.1 Å². The fraction of sp³-hybridized carbons (Fsp3) is 0.533. The maximum atomic E-state index is 12.4. The van der Waals surface area contributed by atoms with Gasteiger partial charge in [-0.2, -0.15) is 0 Å². The molecular weight excluding hydrogens is 210 g/mol. The first kappa shape index (κ1) is 11.0. The molecule has 2 nitrogen and oxygen atoms in total. The van der Waals surface area contributed by atoms with Crippen LogP contribution in [-0.4, -0.2) is 18.9 Å². The molecule has 90 valence electrons. The topological polar surface area (TPSA) is 29.1 Å². The average Bonchev–Trinajstić information content (AvgIpc) is 2.86. The van der Waals surface area contributed by atoms with Crippen LogP contribution in [0.4, 0.5) is 0 Å². The Bertz CT molecular complexity index is 433. The SMILES string of the molecule is O=C(c1ccc2c(c1)CCC2)C1CCCNC1. The zero-order valence-corrected chi connectivity index (χ0v) is 10.2. The molecule has 2 heteroatoms. The first-order valence-corrected chi connectivity index (χ1v) is 6.71. The number of piperidine rings is 1. The van der Waals surface area contributed by atoms with Crippen molar-refractivity contribution in [3.05, 3.63) is 34.9 Å². The van der Waals surface area contributed by atoms with E-state index < -0.39 is 0 Å². The summed E-state index contributed by atoms with van der Waals surface area (Å²) in [5.74, 6) is 0.537. The lowest BCUT2D eigenvalue weighted by atomic mass is 9.90. The Labute approximate surface area is 102 Å². The van der Waals surface area contributed by atoms with Gasteiger partial charge in [0.15, 0.2) is 5.78 Å². The van der Waals surface area contributed by atoms with Crippen molar-refractivity contribution in [1.82, 2.24) is 5.32 Å². The van der Waals surface area contributed by atoms with E-state index in [-0.39, 0.29) is 5.92 Å². The van der Waals surface area contributed by atoms with Crippen LogP contribution < -0.4 is 5.32 Å². The van der Waals surface area contributed by atoms with Crippen LogP contribution in [0, 0.1) is 5.92 Å². The highest BCUT2D eigenvalue weighted by Gasteiger charge is 2.23. The van der Waals surface area contributed by atoms with Crippen LogP contribution in [0.25, 0.3) is 0 Å². The van der Waals surface area contributed by atoms with E-state index in [0.717, 1.165) is 37.9 Å². The third-order valence-electron chi connectivity index (χ3n) is 4.05. The molecule has 1 fully saturated rings. The molecule has 1 atom stereocenters. The number of ketones is 1. The van der Waals surface area contributed by atoms with Crippen LogP contribution in [0.5, 0.6) is 0 Å². The fourth-order valence-corrected chi connectivity index (χ4v) is 3.04. The molecule has 1 saturated heterocycles. The predicted octanol–water partition coefficient (Wildman–Crippen LogP) is 2.36. The Morgan fingerprint density at radius 3 is 2.88 bits per heavy atom. The Balaban J connectivity index is 1.81. The van der Waals surface area contributed by atoms with Gasteiger partial charge in [-0.1, -0.05) is 12.1 Å². The maximum Gasteiger partial charge on any atom is 0.167 e. The molecule has 0 amide bonds. The summed E-state index contributed by atoms with van der Waals surface area (Å²) in [7, 11) is 0. The van der Waals surface area contributed by atoms with E-state index in [1.54, 1.807) is 0 Å². The number of carbonyl (C=O) groups is 1. The molecule has 0 radical (unpaired) electrons. The predicted molar refractivity (Wildman–Crippen MR) is 68.4 cm³/mol. The lowest BCUT2D eigenvalue weighted by molar-refractivity contribution is 0.0899. The van der Waals surface area contributed by atoms with E-state index in [2.05, 4.69) is 17.4 Å². The molecule has 3 rings (SSSR count). The molecular formula is C15H19NO. The second-order valence-electron chi connectivity index (χ2n) is 5.24. The summed E-state index contributed by atoms with van der Waals surface area (Å²) in [4.78, 5) is 12.4.